The zero-order valence-electron chi connectivity index (χ0n) is 9.06. The molecule has 0 amide bonds. The van der Waals surface area contributed by atoms with Crippen molar-refractivity contribution >= 4 is 11.8 Å². The summed E-state index contributed by atoms with van der Waals surface area (Å²) in [4.78, 5) is 22.9. The van der Waals surface area contributed by atoms with Gasteiger partial charge in [0.15, 0.2) is 11.5 Å². The summed E-state index contributed by atoms with van der Waals surface area (Å²) in [6, 6.07) is 2.49. The molecule has 1 aliphatic rings. The molecule has 0 fully saturated rings. The Balaban J connectivity index is 2.33. The largest absolute Gasteiger partial charge is 0.507 e. The molecule has 0 unspecified atom stereocenters. The number of phenolic OH excluding ortho intramolecular Hbond substituents is 1. The molecular weight excluding hydrogens is 228 g/mol. The minimum Gasteiger partial charge on any atom is -0.507 e. The number of carbonyl (C=O) groups excluding carboxylic acids is 2. The minimum absolute atomic E-state index is 0.0197. The van der Waals surface area contributed by atoms with Crippen LogP contribution in [-0.2, 0) is 9.53 Å². The number of fused-ring (bicyclic) bond motifs is 1. The smallest absolute Gasteiger partial charge is 0.379 e. The van der Waals surface area contributed by atoms with E-state index in [-0.39, 0.29) is 24.7 Å². The Morgan fingerprint density at radius 3 is 2.65 bits per heavy atom. The number of ketones is 1. The second-order valence-electron chi connectivity index (χ2n) is 3.27. The molecule has 0 radical (unpaired) electrons. The Labute approximate surface area is 96.7 Å². The molecule has 2 rings (SSSR count). The molecule has 0 atom stereocenters. The van der Waals surface area contributed by atoms with Crippen LogP contribution in [0, 0.1) is 0 Å². The van der Waals surface area contributed by atoms with Crippen LogP contribution in [0.4, 0.5) is 0 Å². The van der Waals surface area contributed by atoms with Crippen molar-refractivity contribution in [2.75, 3.05) is 13.4 Å². The van der Waals surface area contributed by atoms with Gasteiger partial charge < -0.3 is 19.3 Å². The standard InChI is InChI=1S/C11H10O6/c1-2-15-11(14)10(13)6-3-8-9(4-7(6)12)17-5-16-8/h3-4,12H,2,5H2,1H3. The Kier molecular flexibility index (Phi) is 2.86. The molecule has 0 spiro atoms. The molecule has 0 saturated heterocycles. The first-order chi connectivity index (χ1) is 8.13. The Bertz CT molecular complexity index is 479. The van der Waals surface area contributed by atoms with E-state index in [0.29, 0.717) is 11.5 Å². The van der Waals surface area contributed by atoms with Gasteiger partial charge in [0.2, 0.25) is 6.79 Å². The maximum atomic E-state index is 11.6. The first-order valence-electron chi connectivity index (χ1n) is 4.97. The summed E-state index contributed by atoms with van der Waals surface area (Å²) in [6.07, 6.45) is 0. The van der Waals surface area contributed by atoms with E-state index in [4.69, 9.17) is 9.47 Å². The molecule has 0 saturated carbocycles. The van der Waals surface area contributed by atoms with Gasteiger partial charge >= 0.3 is 5.97 Å². The second-order valence-corrected chi connectivity index (χ2v) is 3.27. The maximum Gasteiger partial charge on any atom is 0.379 e. The Morgan fingerprint density at radius 1 is 1.35 bits per heavy atom. The fraction of sp³-hybridized carbons (Fsp3) is 0.273. The van der Waals surface area contributed by atoms with Crippen molar-refractivity contribution in [3.63, 3.8) is 0 Å². The Morgan fingerprint density at radius 2 is 2.00 bits per heavy atom. The Hall–Kier alpha value is -2.24. The average Bonchev–Trinajstić information content (AvgIpc) is 2.74. The highest BCUT2D eigenvalue weighted by Crippen LogP contribution is 2.37. The third-order valence-corrected chi connectivity index (χ3v) is 2.20. The van der Waals surface area contributed by atoms with Crippen molar-refractivity contribution in [2.45, 2.75) is 6.92 Å². The van der Waals surface area contributed by atoms with Gasteiger partial charge in [0.25, 0.3) is 5.78 Å². The van der Waals surface area contributed by atoms with E-state index < -0.39 is 11.8 Å². The van der Waals surface area contributed by atoms with Crippen molar-refractivity contribution in [1.29, 1.82) is 0 Å². The van der Waals surface area contributed by atoms with Crippen molar-refractivity contribution in [3.8, 4) is 17.2 Å². The first kappa shape index (κ1) is 11.3. The average molecular weight is 238 g/mol. The summed E-state index contributed by atoms with van der Waals surface area (Å²) in [5.41, 5.74) is -0.160. The van der Waals surface area contributed by atoms with E-state index in [0.717, 1.165) is 0 Å². The van der Waals surface area contributed by atoms with Gasteiger partial charge in [0, 0.05) is 6.07 Å². The third kappa shape index (κ3) is 2.01. The van der Waals surface area contributed by atoms with Gasteiger partial charge in [-0.05, 0) is 13.0 Å². The van der Waals surface area contributed by atoms with E-state index in [9.17, 15) is 14.7 Å². The predicted octanol–water partition coefficient (Wildman–Crippen LogP) is 0.867. The molecule has 90 valence electrons. The molecule has 1 aliphatic heterocycles. The van der Waals surface area contributed by atoms with Crippen molar-refractivity contribution in [3.05, 3.63) is 17.7 Å². The fourth-order valence-electron chi connectivity index (χ4n) is 1.42. The molecule has 0 aliphatic carbocycles. The zero-order valence-corrected chi connectivity index (χ0v) is 9.06. The number of carbonyl (C=O) groups is 2. The summed E-state index contributed by atoms with van der Waals surface area (Å²) < 4.78 is 14.6. The minimum atomic E-state index is -1.01. The normalized spacial score (nSPS) is 12.3. The van der Waals surface area contributed by atoms with E-state index in [1.54, 1.807) is 6.92 Å². The quantitative estimate of drug-likeness (QED) is 0.478. The number of hydrogen-bond donors (Lipinski definition) is 1. The molecule has 6 nitrogen and oxygen atoms in total. The predicted molar refractivity (Wildman–Crippen MR) is 55.2 cm³/mol. The van der Waals surface area contributed by atoms with Gasteiger partial charge in [-0.1, -0.05) is 0 Å². The number of hydrogen-bond acceptors (Lipinski definition) is 6. The zero-order chi connectivity index (χ0) is 12.4. The first-order valence-corrected chi connectivity index (χ1v) is 4.97. The van der Waals surface area contributed by atoms with E-state index >= 15 is 0 Å². The maximum absolute atomic E-state index is 11.6. The highest BCUT2D eigenvalue weighted by Gasteiger charge is 2.25. The topological polar surface area (TPSA) is 82.1 Å². The lowest BCUT2D eigenvalue weighted by atomic mass is 10.1. The summed E-state index contributed by atoms with van der Waals surface area (Å²) in [7, 11) is 0. The van der Waals surface area contributed by atoms with Crippen LogP contribution < -0.4 is 9.47 Å². The number of esters is 1. The molecule has 6 heteroatoms. The molecule has 1 N–H and O–H groups in total. The van der Waals surface area contributed by atoms with E-state index in [1.165, 1.54) is 12.1 Å². The summed E-state index contributed by atoms with van der Waals surface area (Å²) in [5, 5.41) is 9.60. The number of rotatable bonds is 3. The molecule has 0 bridgehead atoms. The number of benzene rings is 1. The fourth-order valence-corrected chi connectivity index (χ4v) is 1.42. The molecular formula is C11H10O6. The van der Waals surface area contributed by atoms with Crippen LogP contribution in [0.15, 0.2) is 12.1 Å². The van der Waals surface area contributed by atoms with Crippen LogP contribution >= 0.6 is 0 Å². The lowest BCUT2D eigenvalue weighted by molar-refractivity contribution is -0.137. The van der Waals surface area contributed by atoms with Crippen LogP contribution in [0.5, 0.6) is 17.2 Å². The van der Waals surface area contributed by atoms with Gasteiger partial charge in [-0.15, -0.1) is 0 Å². The van der Waals surface area contributed by atoms with Gasteiger partial charge in [-0.25, -0.2) is 4.79 Å². The number of ether oxygens (including phenoxy) is 3. The highest BCUT2D eigenvalue weighted by atomic mass is 16.7. The van der Waals surface area contributed by atoms with Crippen LogP contribution in [0.25, 0.3) is 0 Å². The third-order valence-electron chi connectivity index (χ3n) is 2.20. The van der Waals surface area contributed by atoms with Crippen LogP contribution in [0.3, 0.4) is 0 Å². The van der Waals surface area contributed by atoms with Crippen LogP contribution in [0.1, 0.15) is 17.3 Å². The van der Waals surface area contributed by atoms with Gasteiger partial charge in [0.1, 0.15) is 5.75 Å². The summed E-state index contributed by atoms with van der Waals surface area (Å²) in [6.45, 7) is 1.70. The number of Topliss-reactive ketones (excluding diaryl/α,β-unsaturated/α-hetero) is 1. The molecule has 1 heterocycles. The molecule has 17 heavy (non-hydrogen) atoms. The van der Waals surface area contributed by atoms with Gasteiger partial charge in [0.05, 0.1) is 12.2 Å². The van der Waals surface area contributed by atoms with Crippen LogP contribution in [-0.4, -0.2) is 30.3 Å². The number of phenols is 1. The second kappa shape index (κ2) is 4.32. The van der Waals surface area contributed by atoms with Gasteiger partial charge in [-0.2, -0.15) is 0 Å². The lowest BCUT2D eigenvalue weighted by Gasteiger charge is -2.04. The van der Waals surface area contributed by atoms with Crippen molar-refractivity contribution in [1.82, 2.24) is 0 Å². The monoisotopic (exact) mass is 238 g/mol. The van der Waals surface area contributed by atoms with E-state index in [2.05, 4.69) is 4.74 Å². The molecule has 1 aromatic rings. The van der Waals surface area contributed by atoms with Crippen LogP contribution in [0.2, 0.25) is 0 Å². The highest BCUT2D eigenvalue weighted by molar-refractivity contribution is 6.41. The van der Waals surface area contributed by atoms with E-state index in [1.807, 2.05) is 0 Å². The van der Waals surface area contributed by atoms with Crippen molar-refractivity contribution in [2.24, 2.45) is 0 Å². The molecule has 1 aromatic carbocycles. The van der Waals surface area contributed by atoms with Gasteiger partial charge in [-0.3, -0.25) is 4.79 Å². The summed E-state index contributed by atoms with van der Waals surface area (Å²) >= 11 is 0. The van der Waals surface area contributed by atoms with Crippen molar-refractivity contribution < 1.29 is 28.9 Å². The number of aromatic hydroxyl groups is 1. The summed E-state index contributed by atoms with van der Waals surface area (Å²) in [5.74, 6) is -1.62. The SMILES string of the molecule is CCOC(=O)C(=O)c1cc2c(cc1O)OCO2. The lowest BCUT2D eigenvalue weighted by Crippen LogP contribution is -2.17. The molecule has 0 aromatic heterocycles.